The molecular weight excluding hydrogens is 573 g/mol. The van der Waals surface area contributed by atoms with E-state index in [4.69, 9.17) is 15.9 Å². The molecule has 2 aromatic carbocycles. The van der Waals surface area contributed by atoms with Crippen molar-refractivity contribution in [3.8, 4) is 18.1 Å². The zero-order valence-electron chi connectivity index (χ0n) is 16.7. The van der Waals surface area contributed by atoms with Crippen LogP contribution in [0.5, 0.6) is 5.75 Å². The summed E-state index contributed by atoms with van der Waals surface area (Å²) >= 11 is 5.71. The number of ketones is 1. The summed E-state index contributed by atoms with van der Waals surface area (Å²) in [7, 11) is 1.34. The van der Waals surface area contributed by atoms with Crippen molar-refractivity contribution in [2.75, 3.05) is 13.7 Å². The third kappa shape index (κ3) is 3.58. The molecule has 0 spiro atoms. The lowest BCUT2D eigenvalue weighted by atomic mass is 9.80. The van der Waals surface area contributed by atoms with E-state index in [1.807, 2.05) is 37.3 Å². The van der Waals surface area contributed by atoms with Crippen molar-refractivity contribution in [3.05, 3.63) is 78.0 Å². The molecule has 1 heterocycles. The van der Waals surface area contributed by atoms with Crippen LogP contribution in [-0.4, -0.2) is 25.5 Å². The molecule has 0 radical (unpaired) electrons. The molecule has 0 fully saturated rings. The van der Waals surface area contributed by atoms with Gasteiger partial charge in [0, 0.05) is 28.3 Å². The summed E-state index contributed by atoms with van der Waals surface area (Å²) < 4.78 is 12.2. The topological polar surface area (TPSA) is 64.6 Å². The number of benzene rings is 2. The van der Waals surface area contributed by atoms with E-state index >= 15 is 0 Å². The van der Waals surface area contributed by atoms with Crippen molar-refractivity contribution in [1.82, 2.24) is 5.32 Å². The summed E-state index contributed by atoms with van der Waals surface area (Å²) in [5.74, 6) is 1.90. The van der Waals surface area contributed by atoms with Crippen molar-refractivity contribution < 1.29 is 19.1 Å². The zero-order chi connectivity index (χ0) is 22.3. The second-order valence-electron chi connectivity index (χ2n) is 7.06. The molecule has 1 aliphatic carbocycles. The monoisotopic (exact) mass is 589 g/mol. The number of ether oxygens (including phenoxy) is 2. The number of rotatable bonds is 4. The van der Waals surface area contributed by atoms with Gasteiger partial charge in [0.15, 0.2) is 5.78 Å². The van der Waals surface area contributed by atoms with E-state index in [2.05, 4.69) is 49.8 Å². The standard InChI is InChI=1S/C24H17BrINO4/c1-4-9-31-23-16(25)10-13(11-17(23)26)19-18(24(29)30-3)12(2)27-21-14-7-5-6-8-15(14)22(28)20(19)21/h1,5-8,10-11,19,27H,9H2,2-3H3/t19-/m0/s1. The van der Waals surface area contributed by atoms with Crippen LogP contribution in [0.1, 0.15) is 34.3 Å². The molecule has 0 amide bonds. The Hall–Kier alpha value is -2.57. The number of dihydropyridines is 1. The number of nitrogens with one attached hydrogen (secondary N) is 1. The van der Waals surface area contributed by atoms with Gasteiger partial charge in [0.2, 0.25) is 0 Å². The Morgan fingerprint density at radius 3 is 2.65 bits per heavy atom. The smallest absolute Gasteiger partial charge is 0.336 e. The number of carbonyl (C=O) groups excluding carboxylic acids is 2. The summed E-state index contributed by atoms with van der Waals surface area (Å²) in [6, 6.07) is 11.2. The number of hydrogen-bond acceptors (Lipinski definition) is 5. The third-order valence-corrected chi connectivity index (χ3v) is 6.70. The van der Waals surface area contributed by atoms with Gasteiger partial charge in [-0.25, -0.2) is 4.79 Å². The lowest BCUT2D eigenvalue weighted by molar-refractivity contribution is -0.136. The SMILES string of the molecule is C#CCOc1c(Br)cc([C@H]2C(C(=O)OC)=C(C)NC3=C2C(=O)c2ccccc23)cc1I. The molecule has 2 aliphatic rings. The van der Waals surface area contributed by atoms with E-state index in [0.717, 1.165) is 20.4 Å². The van der Waals surface area contributed by atoms with Crippen LogP contribution in [-0.2, 0) is 9.53 Å². The van der Waals surface area contributed by atoms with Gasteiger partial charge in [0.05, 0.1) is 26.4 Å². The van der Waals surface area contributed by atoms with E-state index in [1.54, 1.807) is 6.07 Å². The van der Waals surface area contributed by atoms with Crippen LogP contribution < -0.4 is 10.1 Å². The van der Waals surface area contributed by atoms with E-state index in [1.165, 1.54) is 7.11 Å². The molecule has 0 unspecified atom stereocenters. The molecule has 1 aliphatic heterocycles. The van der Waals surface area contributed by atoms with Gasteiger partial charge in [-0.3, -0.25) is 4.79 Å². The van der Waals surface area contributed by atoms with Crippen LogP contribution in [0.25, 0.3) is 5.70 Å². The van der Waals surface area contributed by atoms with Crippen LogP contribution in [0.15, 0.2) is 57.7 Å². The highest BCUT2D eigenvalue weighted by molar-refractivity contribution is 14.1. The van der Waals surface area contributed by atoms with E-state index < -0.39 is 11.9 Å². The molecule has 1 N–H and O–H groups in total. The maximum atomic E-state index is 13.4. The fraction of sp³-hybridized carbons (Fsp3) is 0.167. The first kappa shape index (κ1) is 21.7. The quantitative estimate of drug-likeness (QED) is 0.315. The Balaban J connectivity index is 1.92. The van der Waals surface area contributed by atoms with Gasteiger partial charge < -0.3 is 14.8 Å². The second-order valence-corrected chi connectivity index (χ2v) is 9.07. The fourth-order valence-corrected chi connectivity index (χ4v) is 5.81. The average Bonchev–Trinajstić information content (AvgIpc) is 3.03. The Kier molecular flexibility index (Phi) is 5.95. The first-order chi connectivity index (χ1) is 14.9. The minimum atomic E-state index is -0.588. The Morgan fingerprint density at radius 1 is 1.29 bits per heavy atom. The molecule has 7 heteroatoms. The predicted molar refractivity (Wildman–Crippen MR) is 129 cm³/mol. The summed E-state index contributed by atoms with van der Waals surface area (Å²) in [5.41, 5.74) is 4.55. The summed E-state index contributed by atoms with van der Waals surface area (Å²) in [5, 5.41) is 3.28. The second kappa shape index (κ2) is 8.52. The minimum absolute atomic E-state index is 0.101. The minimum Gasteiger partial charge on any atom is -0.479 e. The van der Waals surface area contributed by atoms with E-state index in [0.29, 0.717) is 32.6 Å². The Morgan fingerprint density at radius 2 is 2.00 bits per heavy atom. The highest BCUT2D eigenvalue weighted by atomic mass is 127. The van der Waals surface area contributed by atoms with E-state index in [9.17, 15) is 9.59 Å². The first-order valence-electron chi connectivity index (χ1n) is 9.38. The van der Waals surface area contributed by atoms with Crippen LogP contribution >= 0.6 is 38.5 Å². The highest BCUT2D eigenvalue weighted by Crippen LogP contribution is 2.48. The molecule has 2 aromatic rings. The van der Waals surface area contributed by atoms with Crippen LogP contribution in [0, 0.1) is 15.9 Å². The van der Waals surface area contributed by atoms with Crippen molar-refractivity contribution in [2.24, 2.45) is 0 Å². The number of fused-ring (bicyclic) bond motifs is 2. The normalized spacial score (nSPS) is 17.0. The molecule has 0 saturated heterocycles. The number of carbonyl (C=O) groups is 2. The maximum absolute atomic E-state index is 13.4. The number of hydrogen-bond donors (Lipinski definition) is 1. The average molecular weight is 590 g/mol. The van der Waals surface area contributed by atoms with Gasteiger partial charge in [0.1, 0.15) is 12.4 Å². The van der Waals surface area contributed by atoms with Crippen LogP contribution in [0.4, 0.5) is 0 Å². The lowest BCUT2D eigenvalue weighted by Crippen LogP contribution is -2.29. The van der Waals surface area contributed by atoms with Crippen molar-refractivity contribution in [2.45, 2.75) is 12.8 Å². The molecule has 1 atom stereocenters. The molecule has 0 aromatic heterocycles. The number of terminal acetylenes is 1. The number of Topliss-reactive ketones (excluding diaryl/α,β-unsaturated/α-hetero) is 1. The Labute approximate surface area is 202 Å². The number of esters is 1. The van der Waals surface area contributed by atoms with Gasteiger partial charge >= 0.3 is 5.97 Å². The highest BCUT2D eigenvalue weighted by Gasteiger charge is 2.43. The first-order valence-corrected chi connectivity index (χ1v) is 11.3. The van der Waals surface area contributed by atoms with Crippen LogP contribution in [0.3, 0.4) is 0 Å². The third-order valence-electron chi connectivity index (χ3n) is 5.31. The van der Waals surface area contributed by atoms with Gasteiger partial charge in [-0.05, 0) is 63.1 Å². The molecule has 4 rings (SSSR count). The molecule has 0 saturated carbocycles. The van der Waals surface area contributed by atoms with Gasteiger partial charge in [-0.15, -0.1) is 6.42 Å². The largest absolute Gasteiger partial charge is 0.479 e. The number of methoxy groups -OCH3 is 1. The van der Waals surface area contributed by atoms with Gasteiger partial charge in [-0.2, -0.15) is 0 Å². The predicted octanol–water partition coefficient (Wildman–Crippen LogP) is 4.81. The molecule has 5 nitrogen and oxygen atoms in total. The molecular formula is C24H17BrINO4. The lowest BCUT2D eigenvalue weighted by Gasteiger charge is -2.29. The number of halogens is 2. The number of allylic oxidation sites excluding steroid dienone is 2. The Bertz CT molecular complexity index is 1220. The summed E-state index contributed by atoms with van der Waals surface area (Å²) in [6.07, 6.45) is 5.32. The van der Waals surface area contributed by atoms with Crippen molar-refractivity contribution >= 4 is 56.0 Å². The maximum Gasteiger partial charge on any atom is 0.336 e. The molecule has 0 bridgehead atoms. The summed E-state index contributed by atoms with van der Waals surface area (Å²) in [4.78, 5) is 26.2. The van der Waals surface area contributed by atoms with Crippen LogP contribution in [0.2, 0.25) is 0 Å². The van der Waals surface area contributed by atoms with Crippen molar-refractivity contribution in [1.29, 1.82) is 0 Å². The van der Waals surface area contributed by atoms with Gasteiger partial charge in [0.25, 0.3) is 0 Å². The van der Waals surface area contributed by atoms with E-state index in [-0.39, 0.29) is 12.4 Å². The molecule has 31 heavy (non-hydrogen) atoms. The fourth-order valence-electron chi connectivity index (χ4n) is 4.04. The van der Waals surface area contributed by atoms with Gasteiger partial charge in [-0.1, -0.05) is 30.2 Å². The zero-order valence-corrected chi connectivity index (χ0v) is 20.5. The van der Waals surface area contributed by atoms with Crippen molar-refractivity contribution in [3.63, 3.8) is 0 Å². The molecule has 156 valence electrons. The summed E-state index contributed by atoms with van der Waals surface area (Å²) in [6.45, 7) is 1.95.